The molecule has 0 aromatic rings. The molecule has 2 aliphatic rings. The number of urea groups is 1. The van der Waals surface area contributed by atoms with Crippen molar-refractivity contribution < 1.29 is 17.9 Å². The van der Waals surface area contributed by atoms with Crippen LogP contribution >= 0.6 is 0 Å². The number of carbonyl (C=O) groups excluding carboxylic acids is 1. The normalized spacial score (nSPS) is 29.2. The van der Waals surface area contributed by atoms with E-state index in [9.17, 15) is 13.2 Å². The summed E-state index contributed by atoms with van der Waals surface area (Å²) in [7, 11) is -3.19. The minimum atomic E-state index is -3.19. The van der Waals surface area contributed by atoms with Crippen LogP contribution in [-0.2, 0) is 14.8 Å². The van der Waals surface area contributed by atoms with Gasteiger partial charge in [0.25, 0.3) is 0 Å². The topological polar surface area (TPSA) is 87.7 Å². The Morgan fingerprint density at radius 3 is 2.67 bits per heavy atom. The molecule has 0 unspecified atom stereocenters. The van der Waals surface area contributed by atoms with E-state index in [1.807, 2.05) is 0 Å². The summed E-state index contributed by atoms with van der Waals surface area (Å²) in [6.07, 6.45) is 7.92. The fourth-order valence-electron chi connectivity index (χ4n) is 3.50. The first-order chi connectivity index (χ1) is 11.4. The molecule has 7 nitrogen and oxygen atoms in total. The van der Waals surface area contributed by atoms with Crippen molar-refractivity contribution in [3.8, 4) is 0 Å². The number of ether oxygens (including phenoxy) is 1. The van der Waals surface area contributed by atoms with Crippen molar-refractivity contribution in [3.63, 3.8) is 0 Å². The lowest BCUT2D eigenvalue weighted by atomic mass is 9.88. The molecule has 1 aliphatic heterocycles. The van der Waals surface area contributed by atoms with Gasteiger partial charge in [-0.15, -0.1) is 0 Å². The van der Waals surface area contributed by atoms with Gasteiger partial charge >= 0.3 is 6.03 Å². The average Bonchev–Trinajstić information content (AvgIpc) is 2.52. The van der Waals surface area contributed by atoms with Crippen LogP contribution < -0.4 is 10.6 Å². The second kappa shape index (κ2) is 9.01. The quantitative estimate of drug-likeness (QED) is 0.698. The van der Waals surface area contributed by atoms with Crippen molar-refractivity contribution in [2.24, 2.45) is 5.92 Å². The summed E-state index contributed by atoms with van der Waals surface area (Å²) in [5.41, 5.74) is 0. The molecule has 2 amide bonds. The number of amides is 2. The summed E-state index contributed by atoms with van der Waals surface area (Å²) in [5.74, 6) is 0.594. The predicted molar refractivity (Wildman–Crippen MR) is 93.3 cm³/mol. The minimum absolute atomic E-state index is 0.132. The lowest BCUT2D eigenvalue weighted by Crippen LogP contribution is -2.52. The van der Waals surface area contributed by atoms with Crippen LogP contribution in [0.2, 0.25) is 0 Å². The molecule has 0 bridgehead atoms. The highest BCUT2D eigenvalue weighted by Crippen LogP contribution is 2.25. The Labute approximate surface area is 145 Å². The van der Waals surface area contributed by atoms with Gasteiger partial charge in [0.2, 0.25) is 10.0 Å². The van der Waals surface area contributed by atoms with E-state index in [1.165, 1.54) is 29.8 Å². The van der Waals surface area contributed by atoms with Gasteiger partial charge in [0.05, 0.1) is 19.0 Å². The molecule has 2 fully saturated rings. The highest BCUT2D eigenvalue weighted by Gasteiger charge is 2.26. The number of hydrogen-bond donors (Lipinski definition) is 2. The second-order valence-electron chi connectivity index (χ2n) is 7.03. The van der Waals surface area contributed by atoms with Crippen LogP contribution in [0, 0.1) is 5.92 Å². The summed E-state index contributed by atoms with van der Waals surface area (Å²) in [5, 5.41) is 5.65. The molecule has 3 atom stereocenters. The molecule has 2 N–H and O–H groups in total. The molecule has 0 spiro atoms. The smallest absolute Gasteiger partial charge is 0.315 e. The van der Waals surface area contributed by atoms with Gasteiger partial charge < -0.3 is 15.4 Å². The Morgan fingerprint density at radius 1 is 1.21 bits per heavy atom. The van der Waals surface area contributed by atoms with Crippen LogP contribution in [0.5, 0.6) is 0 Å². The Morgan fingerprint density at radius 2 is 1.96 bits per heavy atom. The van der Waals surface area contributed by atoms with Gasteiger partial charge in [0.15, 0.2) is 0 Å². The monoisotopic (exact) mass is 361 g/mol. The van der Waals surface area contributed by atoms with Crippen molar-refractivity contribution in [3.05, 3.63) is 0 Å². The molecule has 0 aromatic heterocycles. The maximum Gasteiger partial charge on any atom is 0.315 e. The van der Waals surface area contributed by atoms with Gasteiger partial charge in [-0.25, -0.2) is 17.5 Å². The van der Waals surface area contributed by atoms with Crippen molar-refractivity contribution in [2.45, 2.75) is 57.6 Å². The Hall–Kier alpha value is -0.860. The van der Waals surface area contributed by atoms with E-state index in [-0.39, 0.29) is 12.1 Å². The van der Waals surface area contributed by atoms with Crippen LogP contribution in [-0.4, -0.2) is 63.4 Å². The Balaban J connectivity index is 1.62. The third-order valence-electron chi connectivity index (χ3n) is 4.94. The van der Waals surface area contributed by atoms with Gasteiger partial charge in [0.1, 0.15) is 0 Å². The Bertz CT molecular complexity index is 511. The molecule has 1 heterocycles. The maximum absolute atomic E-state index is 11.9. The highest BCUT2D eigenvalue weighted by atomic mass is 32.2. The van der Waals surface area contributed by atoms with E-state index >= 15 is 0 Å². The molecule has 2 rings (SSSR count). The number of nitrogens with zero attached hydrogens (tertiary/aromatic N) is 1. The van der Waals surface area contributed by atoms with Gasteiger partial charge in [-0.05, 0) is 31.6 Å². The summed E-state index contributed by atoms with van der Waals surface area (Å²) in [4.78, 5) is 11.9. The number of nitrogens with one attached hydrogen (secondary N) is 2. The first kappa shape index (κ1) is 19.5. The molecule has 1 saturated heterocycles. The van der Waals surface area contributed by atoms with Crippen LogP contribution in [0.1, 0.15) is 45.4 Å². The fraction of sp³-hybridized carbons (Fsp3) is 0.938. The van der Waals surface area contributed by atoms with Crippen molar-refractivity contribution in [1.29, 1.82) is 0 Å². The van der Waals surface area contributed by atoms with Crippen molar-refractivity contribution >= 4 is 16.1 Å². The molecule has 24 heavy (non-hydrogen) atoms. The third-order valence-corrected chi connectivity index (χ3v) is 6.21. The zero-order chi connectivity index (χ0) is 17.6. The molecular formula is C16H31N3O4S. The van der Waals surface area contributed by atoms with Crippen LogP contribution in [0.15, 0.2) is 0 Å². The lowest BCUT2D eigenvalue weighted by molar-refractivity contribution is -0.00246. The second-order valence-corrected chi connectivity index (χ2v) is 9.01. The first-order valence-corrected chi connectivity index (χ1v) is 10.8. The SMILES string of the molecule is C[C@@H]1CCCC[C@H]1OCCNC(=O)N[C@@H]1CCCN(S(C)(=O)=O)C1. The zero-order valence-corrected chi connectivity index (χ0v) is 15.6. The minimum Gasteiger partial charge on any atom is -0.376 e. The van der Waals surface area contributed by atoms with Crippen LogP contribution in [0.25, 0.3) is 0 Å². The fourth-order valence-corrected chi connectivity index (χ4v) is 4.41. The highest BCUT2D eigenvalue weighted by molar-refractivity contribution is 7.88. The summed E-state index contributed by atoms with van der Waals surface area (Å²) in [6.45, 7) is 4.09. The van der Waals surface area contributed by atoms with Gasteiger partial charge in [0, 0.05) is 25.7 Å². The van der Waals surface area contributed by atoms with Gasteiger partial charge in [-0.3, -0.25) is 0 Å². The predicted octanol–water partition coefficient (Wildman–Crippen LogP) is 1.30. The molecule has 8 heteroatoms. The van der Waals surface area contributed by atoms with E-state index in [4.69, 9.17) is 4.74 Å². The number of hydrogen-bond acceptors (Lipinski definition) is 4. The first-order valence-electron chi connectivity index (χ1n) is 8.97. The molecule has 140 valence electrons. The molecule has 0 aromatic carbocycles. The maximum atomic E-state index is 11.9. The summed E-state index contributed by atoms with van der Waals surface area (Å²) < 4.78 is 30.5. The van der Waals surface area contributed by atoms with E-state index < -0.39 is 10.0 Å². The summed E-state index contributed by atoms with van der Waals surface area (Å²) in [6, 6.07) is -0.386. The van der Waals surface area contributed by atoms with Gasteiger partial charge in [-0.2, -0.15) is 0 Å². The summed E-state index contributed by atoms with van der Waals surface area (Å²) >= 11 is 0. The molecular weight excluding hydrogens is 330 g/mol. The van der Waals surface area contributed by atoms with Crippen LogP contribution in [0.4, 0.5) is 4.79 Å². The molecule has 0 radical (unpaired) electrons. The van der Waals surface area contributed by atoms with E-state index in [0.717, 1.165) is 19.3 Å². The molecule has 1 aliphatic carbocycles. The molecule has 1 saturated carbocycles. The number of carbonyl (C=O) groups is 1. The number of rotatable bonds is 6. The van der Waals surface area contributed by atoms with E-state index in [2.05, 4.69) is 17.6 Å². The standard InChI is InChI=1S/C16H31N3O4S/c1-13-6-3-4-8-15(13)23-11-9-17-16(20)18-14-7-5-10-19(12-14)24(2,21)22/h13-15H,3-12H2,1-2H3,(H2,17,18,20)/t13-,14-,15-/m1/s1. The van der Waals surface area contributed by atoms with E-state index in [1.54, 1.807) is 0 Å². The third kappa shape index (κ3) is 6.22. The van der Waals surface area contributed by atoms with Crippen molar-refractivity contribution in [2.75, 3.05) is 32.5 Å². The van der Waals surface area contributed by atoms with Crippen molar-refractivity contribution in [1.82, 2.24) is 14.9 Å². The van der Waals surface area contributed by atoms with E-state index in [0.29, 0.717) is 38.3 Å². The average molecular weight is 362 g/mol. The van der Waals surface area contributed by atoms with Crippen LogP contribution in [0.3, 0.4) is 0 Å². The van der Waals surface area contributed by atoms with Gasteiger partial charge in [-0.1, -0.05) is 19.8 Å². The largest absolute Gasteiger partial charge is 0.376 e. The number of sulfonamides is 1. The lowest BCUT2D eigenvalue weighted by Gasteiger charge is -2.31. The zero-order valence-electron chi connectivity index (χ0n) is 14.8. The number of piperidine rings is 1. The Kier molecular flexibility index (Phi) is 7.31.